The lowest BCUT2D eigenvalue weighted by Crippen LogP contribution is -1.94. The molecule has 0 aliphatic heterocycles. The number of allylic oxidation sites excluding steroid dienone is 7. The molecule has 0 aromatic carbocycles. The first-order valence-electron chi connectivity index (χ1n) is 10.8. The number of aliphatic carboxylic acids is 3. The van der Waals surface area contributed by atoms with Gasteiger partial charge in [-0.1, -0.05) is 23.3 Å². The number of rotatable bonds is 10. The third-order valence-corrected chi connectivity index (χ3v) is 3.32. The van der Waals surface area contributed by atoms with Gasteiger partial charge in [-0.25, -0.2) is 0 Å². The zero-order chi connectivity index (χ0) is 27.7. The molecule has 0 spiro atoms. The number of aliphatic hydroxyl groups excluding tert-OH is 3. The van der Waals surface area contributed by atoms with Gasteiger partial charge in [0.1, 0.15) is 0 Å². The summed E-state index contributed by atoms with van der Waals surface area (Å²) in [5.41, 5.74) is 2.42. The molecule has 9 nitrogen and oxygen atoms in total. The Kier molecular flexibility index (Phi) is 29.4. The molecule has 0 bridgehead atoms. The molecule has 9 heteroatoms. The van der Waals surface area contributed by atoms with E-state index in [0.29, 0.717) is 17.9 Å². The van der Waals surface area contributed by atoms with E-state index in [9.17, 15) is 10.2 Å². The highest BCUT2D eigenvalue weighted by Gasteiger charge is 1.96. The van der Waals surface area contributed by atoms with Crippen molar-refractivity contribution < 1.29 is 45.0 Å². The van der Waals surface area contributed by atoms with Gasteiger partial charge in [-0.3, -0.25) is 14.4 Å². The Bertz CT molecular complexity index is 640. The second-order valence-electron chi connectivity index (χ2n) is 7.52. The minimum atomic E-state index is -0.833. The number of aliphatic hydroxyl groups is 3. The maximum absolute atomic E-state index is 9.83. The topological polar surface area (TPSA) is 173 Å². The van der Waals surface area contributed by atoms with Crippen molar-refractivity contribution in [3.63, 3.8) is 0 Å². The van der Waals surface area contributed by atoms with Crippen molar-refractivity contribution in [3.05, 3.63) is 47.0 Å². The summed E-state index contributed by atoms with van der Waals surface area (Å²) >= 11 is 0. The third kappa shape index (κ3) is 63.0. The van der Waals surface area contributed by atoms with Crippen molar-refractivity contribution in [2.45, 2.75) is 93.1 Å². The largest absolute Gasteiger partial charge is 0.513 e. The van der Waals surface area contributed by atoms with Crippen molar-refractivity contribution in [1.29, 1.82) is 0 Å². The Morgan fingerprint density at radius 2 is 0.971 bits per heavy atom. The van der Waals surface area contributed by atoms with Crippen LogP contribution in [0.1, 0.15) is 87.0 Å². The summed E-state index contributed by atoms with van der Waals surface area (Å²) in [5, 5.41) is 50.4. The van der Waals surface area contributed by atoms with Crippen molar-refractivity contribution in [1.82, 2.24) is 0 Å². The molecule has 0 amide bonds. The fourth-order valence-electron chi connectivity index (χ4n) is 2.14. The standard InChI is InChI=1S/C19H32O3.3C2H4O2/c1-15(8-5-11-17(3)20)9-6-12-19(22)13-7-10-16(2)14-18(4)21;3*1-2(3)4/h9,11,13-14,18,20-22H,5-8,10,12H2,1-4H3;3*1H3,(H,3,4). The van der Waals surface area contributed by atoms with E-state index in [-0.39, 0.29) is 0 Å². The molecule has 1 unspecified atom stereocenters. The zero-order valence-electron chi connectivity index (χ0n) is 21.5. The smallest absolute Gasteiger partial charge is 0.300 e. The molecule has 198 valence electrons. The van der Waals surface area contributed by atoms with E-state index >= 15 is 0 Å². The van der Waals surface area contributed by atoms with Crippen LogP contribution in [0.15, 0.2) is 47.0 Å². The van der Waals surface area contributed by atoms with Crippen LogP contribution in [0.2, 0.25) is 0 Å². The van der Waals surface area contributed by atoms with Crippen LogP contribution in [0.25, 0.3) is 0 Å². The molecule has 1 atom stereocenters. The Hall–Kier alpha value is -3.07. The second kappa shape index (κ2) is 26.2. The first-order chi connectivity index (χ1) is 15.5. The van der Waals surface area contributed by atoms with E-state index in [1.165, 1.54) is 5.57 Å². The molecular weight excluding hydrogens is 444 g/mol. The summed E-state index contributed by atoms with van der Waals surface area (Å²) in [7, 11) is 0. The van der Waals surface area contributed by atoms with Gasteiger partial charge >= 0.3 is 0 Å². The first-order valence-corrected chi connectivity index (χ1v) is 10.8. The Labute approximate surface area is 203 Å². The Morgan fingerprint density at radius 1 is 0.618 bits per heavy atom. The van der Waals surface area contributed by atoms with Gasteiger partial charge in [-0.15, -0.1) is 0 Å². The minimum Gasteiger partial charge on any atom is -0.513 e. The summed E-state index contributed by atoms with van der Waals surface area (Å²) in [5.74, 6) is -1.70. The summed E-state index contributed by atoms with van der Waals surface area (Å²) < 4.78 is 0. The van der Waals surface area contributed by atoms with E-state index in [1.807, 2.05) is 25.2 Å². The predicted molar refractivity (Wildman–Crippen MR) is 134 cm³/mol. The van der Waals surface area contributed by atoms with Crippen LogP contribution in [0.5, 0.6) is 0 Å². The number of carboxylic acids is 3. The van der Waals surface area contributed by atoms with Gasteiger partial charge in [-0.2, -0.15) is 0 Å². The fourth-order valence-corrected chi connectivity index (χ4v) is 2.14. The van der Waals surface area contributed by atoms with Gasteiger partial charge in [0.15, 0.2) is 0 Å². The van der Waals surface area contributed by atoms with Crippen molar-refractivity contribution in [2.75, 3.05) is 0 Å². The molecule has 0 radical (unpaired) electrons. The van der Waals surface area contributed by atoms with Crippen molar-refractivity contribution >= 4 is 17.9 Å². The highest BCUT2D eigenvalue weighted by Crippen LogP contribution is 2.12. The molecule has 0 aliphatic rings. The maximum Gasteiger partial charge on any atom is 0.300 e. The molecule has 0 aliphatic carbocycles. The van der Waals surface area contributed by atoms with Crippen LogP contribution >= 0.6 is 0 Å². The monoisotopic (exact) mass is 488 g/mol. The van der Waals surface area contributed by atoms with E-state index in [2.05, 4.69) is 13.0 Å². The van der Waals surface area contributed by atoms with Crippen LogP contribution in [0.4, 0.5) is 0 Å². The summed E-state index contributed by atoms with van der Waals surface area (Å²) in [6.45, 7) is 10.7. The average Bonchev–Trinajstić information content (AvgIpc) is 2.59. The average molecular weight is 489 g/mol. The number of hydrogen-bond acceptors (Lipinski definition) is 6. The number of carboxylic acid groups (broad SMARTS) is 3. The normalized spacial score (nSPS) is 12.6. The molecule has 0 rings (SSSR count). The van der Waals surface area contributed by atoms with E-state index in [4.69, 9.17) is 34.8 Å². The molecule has 0 aromatic rings. The van der Waals surface area contributed by atoms with Gasteiger partial charge in [-0.05, 0) is 72.0 Å². The summed E-state index contributed by atoms with van der Waals surface area (Å²) in [6, 6.07) is 0. The van der Waals surface area contributed by atoms with Crippen LogP contribution in [-0.4, -0.2) is 54.7 Å². The SMILES string of the molecule is CC(=O)O.CC(=O)O.CC(=O)O.CC(O)=CCCC(C)=CCCC(O)=CCCC(C)=CC(C)O. The van der Waals surface area contributed by atoms with Gasteiger partial charge in [0, 0.05) is 27.2 Å². The van der Waals surface area contributed by atoms with E-state index in [0.717, 1.165) is 58.4 Å². The van der Waals surface area contributed by atoms with E-state index in [1.54, 1.807) is 13.8 Å². The lowest BCUT2D eigenvalue weighted by atomic mass is 10.1. The number of hydrogen-bond donors (Lipinski definition) is 6. The fraction of sp³-hybridized carbons (Fsp3) is 0.560. The lowest BCUT2D eigenvalue weighted by Gasteiger charge is -2.02. The van der Waals surface area contributed by atoms with Crippen LogP contribution in [-0.2, 0) is 14.4 Å². The molecule has 0 aromatic heterocycles. The van der Waals surface area contributed by atoms with Crippen molar-refractivity contribution in [3.8, 4) is 0 Å². The summed E-state index contributed by atoms with van der Waals surface area (Å²) in [4.78, 5) is 27.0. The van der Waals surface area contributed by atoms with Gasteiger partial charge < -0.3 is 30.6 Å². The van der Waals surface area contributed by atoms with E-state index < -0.39 is 24.0 Å². The molecule has 6 N–H and O–H groups in total. The Balaban J connectivity index is -0.000000307. The molecule has 0 saturated heterocycles. The summed E-state index contributed by atoms with van der Waals surface area (Å²) in [6.07, 6.45) is 12.2. The highest BCUT2D eigenvalue weighted by molar-refractivity contribution is 5.63. The molecule has 34 heavy (non-hydrogen) atoms. The first kappa shape index (κ1) is 38.2. The predicted octanol–water partition coefficient (Wildman–Crippen LogP) is 5.78. The second-order valence-corrected chi connectivity index (χ2v) is 7.52. The molecule has 0 saturated carbocycles. The molecule has 0 heterocycles. The molecular formula is C25H44O9. The molecule has 0 fully saturated rings. The van der Waals surface area contributed by atoms with Crippen molar-refractivity contribution in [2.24, 2.45) is 0 Å². The quantitative estimate of drug-likeness (QED) is 0.165. The highest BCUT2D eigenvalue weighted by atomic mass is 16.4. The van der Waals surface area contributed by atoms with Crippen LogP contribution < -0.4 is 0 Å². The third-order valence-electron chi connectivity index (χ3n) is 3.32. The number of carbonyl (C=O) groups is 3. The van der Waals surface area contributed by atoms with Crippen LogP contribution in [0.3, 0.4) is 0 Å². The Morgan fingerprint density at radius 3 is 1.35 bits per heavy atom. The zero-order valence-corrected chi connectivity index (χ0v) is 21.5. The van der Waals surface area contributed by atoms with Gasteiger partial charge in [0.05, 0.1) is 17.6 Å². The van der Waals surface area contributed by atoms with Crippen LogP contribution in [0, 0.1) is 0 Å². The van der Waals surface area contributed by atoms with Gasteiger partial charge in [0.2, 0.25) is 0 Å². The lowest BCUT2D eigenvalue weighted by molar-refractivity contribution is -0.135. The van der Waals surface area contributed by atoms with Gasteiger partial charge in [0.25, 0.3) is 17.9 Å². The minimum absolute atomic E-state index is 0.369. The maximum atomic E-state index is 9.83.